The van der Waals surface area contributed by atoms with Gasteiger partial charge in [0.05, 0.1) is 41.9 Å². The van der Waals surface area contributed by atoms with Crippen molar-refractivity contribution in [2.75, 3.05) is 11.9 Å². The maximum Gasteiger partial charge on any atom is 0.341 e. The van der Waals surface area contributed by atoms with Crippen LogP contribution in [-0.4, -0.2) is 27.3 Å². The second kappa shape index (κ2) is 7.97. The van der Waals surface area contributed by atoms with E-state index >= 15 is 0 Å². The smallest absolute Gasteiger partial charge is 0.341 e. The standard InChI is InChI=1S/C21H19ClN4O3/c1-3-28-21(27)17-12-24-20-18(19(17)23-11-16-5-4-10-29-16)13(2)25-26(20)15-8-6-14(22)7-9-15/h4-10,12H,3,11H2,1-2H3,(H,23,24). The molecule has 0 spiro atoms. The number of furan rings is 1. The van der Waals surface area contributed by atoms with E-state index in [0.717, 1.165) is 22.5 Å². The number of hydrogen-bond acceptors (Lipinski definition) is 6. The molecule has 8 heteroatoms. The van der Waals surface area contributed by atoms with Gasteiger partial charge in [-0.2, -0.15) is 5.10 Å². The molecule has 0 saturated heterocycles. The zero-order valence-corrected chi connectivity index (χ0v) is 16.7. The minimum Gasteiger partial charge on any atom is -0.467 e. The van der Waals surface area contributed by atoms with Crippen LogP contribution in [0.1, 0.15) is 28.7 Å². The van der Waals surface area contributed by atoms with Crippen molar-refractivity contribution in [1.82, 2.24) is 14.8 Å². The number of pyridine rings is 1. The number of aryl methyl sites for hydroxylation is 1. The number of fused-ring (bicyclic) bond motifs is 1. The molecule has 1 N–H and O–H groups in total. The predicted octanol–water partition coefficient (Wildman–Crippen LogP) is 4.76. The predicted molar refractivity (Wildman–Crippen MR) is 111 cm³/mol. The Balaban J connectivity index is 1.85. The lowest BCUT2D eigenvalue weighted by Crippen LogP contribution is -2.11. The van der Waals surface area contributed by atoms with Gasteiger partial charge in [-0.15, -0.1) is 0 Å². The molecular weight excluding hydrogens is 392 g/mol. The van der Waals surface area contributed by atoms with Crippen LogP contribution in [0, 0.1) is 6.92 Å². The normalized spacial score (nSPS) is 11.0. The lowest BCUT2D eigenvalue weighted by molar-refractivity contribution is 0.0527. The number of carbonyl (C=O) groups is 1. The van der Waals surface area contributed by atoms with Crippen LogP contribution in [0.5, 0.6) is 0 Å². The number of esters is 1. The van der Waals surface area contributed by atoms with Crippen molar-refractivity contribution in [3.63, 3.8) is 0 Å². The fourth-order valence-corrected chi connectivity index (χ4v) is 3.28. The molecule has 4 aromatic rings. The zero-order valence-electron chi connectivity index (χ0n) is 16.0. The number of rotatable bonds is 6. The van der Waals surface area contributed by atoms with Gasteiger partial charge in [-0.05, 0) is 50.2 Å². The zero-order chi connectivity index (χ0) is 20.4. The Morgan fingerprint density at radius 1 is 1.28 bits per heavy atom. The number of anilines is 1. The second-order valence-corrected chi connectivity index (χ2v) is 6.81. The Bertz CT molecular complexity index is 1150. The van der Waals surface area contributed by atoms with E-state index in [1.54, 1.807) is 30.0 Å². The van der Waals surface area contributed by atoms with Crippen LogP contribution in [0.25, 0.3) is 16.7 Å². The summed E-state index contributed by atoms with van der Waals surface area (Å²) in [5, 5.41) is 9.33. The number of aromatic nitrogens is 3. The fourth-order valence-electron chi connectivity index (χ4n) is 3.15. The van der Waals surface area contributed by atoms with Crippen molar-refractivity contribution in [1.29, 1.82) is 0 Å². The van der Waals surface area contributed by atoms with E-state index < -0.39 is 5.97 Å². The van der Waals surface area contributed by atoms with Gasteiger partial charge in [0, 0.05) is 11.2 Å². The van der Waals surface area contributed by atoms with Crippen LogP contribution >= 0.6 is 11.6 Å². The molecule has 1 aromatic carbocycles. The summed E-state index contributed by atoms with van der Waals surface area (Å²) in [6.45, 7) is 4.33. The molecule has 0 bridgehead atoms. The topological polar surface area (TPSA) is 82.2 Å². The first-order chi connectivity index (χ1) is 14.1. The number of halogens is 1. The number of nitrogens with one attached hydrogen (secondary N) is 1. The minimum atomic E-state index is -0.442. The van der Waals surface area contributed by atoms with Crippen LogP contribution in [0.15, 0.2) is 53.3 Å². The van der Waals surface area contributed by atoms with Crippen molar-refractivity contribution in [2.45, 2.75) is 20.4 Å². The summed E-state index contributed by atoms with van der Waals surface area (Å²) >= 11 is 6.01. The van der Waals surface area contributed by atoms with Crippen LogP contribution in [-0.2, 0) is 11.3 Å². The molecule has 0 amide bonds. The van der Waals surface area contributed by atoms with Gasteiger partial charge in [-0.3, -0.25) is 0 Å². The first-order valence-electron chi connectivity index (χ1n) is 9.16. The third-order valence-electron chi connectivity index (χ3n) is 4.46. The molecule has 29 heavy (non-hydrogen) atoms. The van der Waals surface area contributed by atoms with Crippen molar-refractivity contribution >= 4 is 34.3 Å². The van der Waals surface area contributed by atoms with E-state index in [0.29, 0.717) is 28.5 Å². The maximum atomic E-state index is 12.5. The molecule has 148 valence electrons. The highest BCUT2D eigenvalue weighted by molar-refractivity contribution is 6.30. The van der Waals surface area contributed by atoms with Gasteiger partial charge in [0.25, 0.3) is 0 Å². The van der Waals surface area contributed by atoms with Crippen molar-refractivity contribution in [3.05, 3.63) is 70.9 Å². The van der Waals surface area contributed by atoms with Gasteiger partial charge >= 0.3 is 5.97 Å². The Labute approximate surface area is 172 Å². The van der Waals surface area contributed by atoms with Gasteiger partial charge in [0.15, 0.2) is 5.65 Å². The van der Waals surface area contributed by atoms with Crippen molar-refractivity contribution < 1.29 is 13.9 Å². The van der Waals surface area contributed by atoms with Crippen LogP contribution in [0.2, 0.25) is 5.02 Å². The number of ether oxygens (including phenoxy) is 1. The molecule has 4 rings (SSSR count). The SMILES string of the molecule is CCOC(=O)c1cnc2c(c(C)nn2-c2ccc(Cl)cc2)c1NCc1ccco1. The number of hydrogen-bond donors (Lipinski definition) is 1. The third-order valence-corrected chi connectivity index (χ3v) is 4.71. The molecule has 0 aliphatic carbocycles. The highest BCUT2D eigenvalue weighted by Crippen LogP contribution is 2.31. The van der Waals surface area contributed by atoms with Crippen molar-refractivity contribution in [3.8, 4) is 5.69 Å². The number of benzene rings is 1. The number of nitrogens with zero attached hydrogens (tertiary/aromatic N) is 3. The lowest BCUT2D eigenvalue weighted by atomic mass is 10.1. The summed E-state index contributed by atoms with van der Waals surface area (Å²) in [7, 11) is 0. The highest BCUT2D eigenvalue weighted by atomic mass is 35.5. The van der Waals surface area contributed by atoms with Gasteiger partial charge in [-0.1, -0.05) is 11.6 Å². The van der Waals surface area contributed by atoms with E-state index in [4.69, 9.17) is 20.8 Å². The molecule has 0 unspecified atom stereocenters. The molecule has 0 saturated carbocycles. The second-order valence-electron chi connectivity index (χ2n) is 6.37. The Morgan fingerprint density at radius 2 is 2.07 bits per heavy atom. The van der Waals surface area contributed by atoms with E-state index in [9.17, 15) is 4.79 Å². The summed E-state index contributed by atoms with van der Waals surface area (Å²) in [5.74, 6) is 0.301. The van der Waals surface area contributed by atoms with Gasteiger partial charge in [0.1, 0.15) is 11.3 Å². The average Bonchev–Trinajstić information content (AvgIpc) is 3.35. The minimum absolute atomic E-state index is 0.275. The summed E-state index contributed by atoms with van der Waals surface area (Å²) in [6.07, 6.45) is 3.12. The molecule has 7 nitrogen and oxygen atoms in total. The molecule has 0 aliphatic heterocycles. The highest BCUT2D eigenvalue weighted by Gasteiger charge is 2.22. The fraction of sp³-hybridized carbons (Fsp3) is 0.190. The van der Waals surface area contributed by atoms with Crippen LogP contribution in [0.4, 0.5) is 5.69 Å². The van der Waals surface area contributed by atoms with E-state index in [1.165, 1.54) is 6.20 Å². The first-order valence-corrected chi connectivity index (χ1v) is 9.54. The molecule has 0 radical (unpaired) electrons. The van der Waals surface area contributed by atoms with Gasteiger partial charge in [-0.25, -0.2) is 14.5 Å². The lowest BCUT2D eigenvalue weighted by Gasteiger charge is -2.12. The Morgan fingerprint density at radius 3 is 2.76 bits per heavy atom. The Hall–Kier alpha value is -3.32. The van der Waals surface area contributed by atoms with E-state index in [2.05, 4.69) is 15.4 Å². The number of carbonyl (C=O) groups excluding carboxylic acids is 1. The van der Waals surface area contributed by atoms with Crippen LogP contribution in [0.3, 0.4) is 0 Å². The average molecular weight is 411 g/mol. The molecule has 3 aromatic heterocycles. The van der Waals surface area contributed by atoms with Gasteiger partial charge < -0.3 is 14.5 Å². The van der Waals surface area contributed by atoms with E-state index in [-0.39, 0.29) is 6.61 Å². The van der Waals surface area contributed by atoms with Crippen molar-refractivity contribution in [2.24, 2.45) is 0 Å². The largest absolute Gasteiger partial charge is 0.467 e. The molecule has 0 aliphatic rings. The third kappa shape index (κ3) is 3.69. The summed E-state index contributed by atoms with van der Waals surface area (Å²) in [4.78, 5) is 17.0. The monoisotopic (exact) mass is 410 g/mol. The molecule has 0 atom stereocenters. The van der Waals surface area contributed by atoms with E-state index in [1.807, 2.05) is 31.2 Å². The quantitative estimate of drug-likeness (QED) is 0.461. The Kier molecular flexibility index (Phi) is 5.22. The molecule has 3 heterocycles. The van der Waals surface area contributed by atoms with Crippen LogP contribution < -0.4 is 5.32 Å². The summed E-state index contributed by atoms with van der Waals surface area (Å²) in [6, 6.07) is 11.0. The first kappa shape index (κ1) is 19.0. The summed E-state index contributed by atoms with van der Waals surface area (Å²) in [5.41, 5.74) is 3.14. The van der Waals surface area contributed by atoms with Gasteiger partial charge in [0.2, 0.25) is 0 Å². The maximum absolute atomic E-state index is 12.5. The molecular formula is C21H19ClN4O3. The summed E-state index contributed by atoms with van der Waals surface area (Å²) < 4.78 is 12.3. The molecule has 0 fully saturated rings.